The van der Waals surface area contributed by atoms with Crippen LogP contribution in [0.1, 0.15) is 26.2 Å². The minimum atomic E-state index is 0.654. The zero-order valence-corrected chi connectivity index (χ0v) is 8.18. The molecule has 0 amide bonds. The summed E-state index contributed by atoms with van der Waals surface area (Å²) in [7, 11) is 0. The van der Waals surface area contributed by atoms with Gasteiger partial charge < -0.3 is 0 Å². The molecule has 0 aromatic heterocycles. The standard InChI is InChI=1S/C9H14Se/c1-3-5-7-9-10-8-6-4-2/h2,6,8H,3,5,7,9H2,1H3/b8-6-. The monoisotopic (exact) mass is 202 g/mol. The molecule has 0 bridgehead atoms. The predicted octanol–water partition coefficient (Wildman–Crippen LogP) is 2.45. The maximum atomic E-state index is 5.04. The molecule has 0 radical (unpaired) electrons. The van der Waals surface area contributed by atoms with E-state index in [4.69, 9.17) is 6.42 Å². The van der Waals surface area contributed by atoms with E-state index in [1.54, 1.807) is 0 Å². The van der Waals surface area contributed by atoms with Crippen molar-refractivity contribution in [1.29, 1.82) is 0 Å². The number of rotatable bonds is 5. The Labute approximate surface area is 70.2 Å². The van der Waals surface area contributed by atoms with Crippen LogP contribution in [0.15, 0.2) is 11.1 Å². The molecule has 0 unspecified atom stereocenters. The average molecular weight is 201 g/mol. The van der Waals surface area contributed by atoms with E-state index in [1.165, 1.54) is 24.6 Å². The van der Waals surface area contributed by atoms with E-state index < -0.39 is 0 Å². The van der Waals surface area contributed by atoms with Crippen LogP contribution in [0.3, 0.4) is 0 Å². The van der Waals surface area contributed by atoms with Crippen molar-refractivity contribution < 1.29 is 0 Å². The second-order valence-electron chi connectivity index (χ2n) is 2.05. The van der Waals surface area contributed by atoms with Gasteiger partial charge in [0, 0.05) is 0 Å². The van der Waals surface area contributed by atoms with Gasteiger partial charge in [0.25, 0.3) is 0 Å². The van der Waals surface area contributed by atoms with Crippen LogP contribution in [0.25, 0.3) is 0 Å². The third-order valence-corrected chi connectivity index (χ3v) is 2.92. The van der Waals surface area contributed by atoms with E-state index >= 15 is 0 Å². The fourth-order valence-electron chi connectivity index (χ4n) is 0.591. The molecule has 0 aromatic carbocycles. The Hall–Kier alpha value is -0.181. The molecule has 0 aliphatic carbocycles. The van der Waals surface area contributed by atoms with Gasteiger partial charge in [0.15, 0.2) is 0 Å². The van der Waals surface area contributed by atoms with Crippen molar-refractivity contribution in [3.8, 4) is 12.3 Å². The zero-order valence-electron chi connectivity index (χ0n) is 6.47. The first kappa shape index (κ1) is 9.82. The van der Waals surface area contributed by atoms with Crippen molar-refractivity contribution in [2.45, 2.75) is 31.5 Å². The first-order valence-electron chi connectivity index (χ1n) is 3.64. The molecule has 0 spiro atoms. The van der Waals surface area contributed by atoms with Crippen LogP contribution in [0.5, 0.6) is 0 Å². The zero-order chi connectivity index (χ0) is 7.66. The molecule has 0 aromatic rings. The maximum absolute atomic E-state index is 5.04. The number of allylic oxidation sites excluding steroid dienone is 1. The summed E-state index contributed by atoms with van der Waals surface area (Å²) in [4.78, 5) is 2.13. The molecule has 0 atom stereocenters. The number of terminal acetylenes is 1. The van der Waals surface area contributed by atoms with Gasteiger partial charge >= 0.3 is 69.9 Å². The first-order chi connectivity index (χ1) is 4.91. The van der Waals surface area contributed by atoms with E-state index in [-0.39, 0.29) is 0 Å². The Morgan fingerprint density at radius 2 is 2.30 bits per heavy atom. The summed E-state index contributed by atoms with van der Waals surface area (Å²) >= 11 is 0.654. The Kier molecular flexibility index (Phi) is 8.66. The Balaban J connectivity index is 2.92. The van der Waals surface area contributed by atoms with Gasteiger partial charge in [-0.2, -0.15) is 0 Å². The summed E-state index contributed by atoms with van der Waals surface area (Å²) in [6.45, 7) is 2.23. The van der Waals surface area contributed by atoms with Crippen molar-refractivity contribution in [2.24, 2.45) is 0 Å². The number of hydrogen-bond acceptors (Lipinski definition) is 0. The van der Waals surface area contributed by atoms with Gasteiger partial charge in [0.05, 0.1) is 0 Å². The Morgan fingerprint density at radius 3 is 2.90 bits per heavy atom. The molecule has 0 aliphatic rings. The quantitative estimate of drug-likeness (QED) is 0.364. The molecule has 56 valence electrons. The summed E-state index contributed by atoms with van der Waals surface area (Å²) < 4.78 is 0. The summed E-state index contributed by atoms with van der Waals surface area (Å²) in [5.74, 6) is 2.49. The molecule has 0 rings (SSSR count). The van der Waals surface area contributed by atoms with E-state index in [1.807, 2.05) is 6.08 Å². The molecule has 0 N–H and O–H groups in total. The Morgan fingerprint density at radius 1 is 1.50 bits per heavy atom. The van der Waals surface area contributed by atoms with E-state index in [0.29, 0.717) is 15.0 Å². The van der Waals surface area contributed by atoms with Gasteiger partial charge in [0.2, 0.25) is 0 Å². The van der Waals surface area contributed by atoms with Crippen LogP contribution in [0, 0.1) is 12.3 Å². The summed E-state index contributed by atoms with van der Waals surface area (Å²) in [6.07, 6.45) is 10.9. The minimum absolute atomic E-state index is 0.654. The van der Waals surface area contributed by atoms with Crippen LogP contribution < -0.4 is 0 Å². The van der Waals surface area contributed by atoms with Gasteiger partial charge in [-0.05, 0) is 0 Å². The molecule has 0 saturated heterocycles. The topological polar surface area (TPSA) is 0 Å². The fourth-order valence-corrected chi connectivity index (χ4v) is 2.02. The fraction of sp³-hybridized carbons (Fsp3) is 0.556. The summed E-state index contributed by atoms with van der Waals surface area (Å²) in [5, 5.41) is 1.35. The third kappa shape index (κ3) is 7.82. The van der Waals surface area contributed by atoms with Crippen LogP contribution >= 0.6 is 0 Å². The van der Waals surface area contributed by atoms with Gasteiger partial charge in [-0.15, -0.1) is 0 Å². The van der Waals surface area contributed by atoms with Crippen molar-refractivity contribution in [2.75, 3.05) is 0 Å². The molecule has 10 heavy (non-hydrogen) atoms. The van der Waals surface area contributed by atoms with Crippen LogP contribution in [-0.4, -0.2) is 15.0 Å². The van der Waals surface area contributed by atoms with E-state index in [0.717, 1.165) is 0 Å². The summed E-state index contributed by atoms with van der Waals surface area (Å²) in [5.41, 5.74) is 0. The third-order valence-electron chi connectivity index (χ3n) is 1.13. The second-order valence-corrected chi connectivity index (χ2v) is 4.17. The van der Waals surface area contributed by atoms with E-state index in [9.17, 15) is 0 Å². The van der Waals surface area contributed by atoms with Crippen molar-refractivity contribution in [3.63, 3.8) is 0 Å². The molecule has 1 heteroatoms. The van der Waals surface area contributed by atoms with Crippen molar-refractivity contribution in [3.05, 3.63) is 11.1 Å². The normalized spacial score (nSPS) is 10.0. The van der Waals surface area contributed by atoms with Gasteiger partial charge in [-0.25, -0.2) is 0 Å². The van der Waals surface area contributed by atoms with Gasteiger partial charge in [-0.1, -0.05) is 0 Å². The number of unbranched alkanes of at least 4 members (excludes halogenated alkanes) is 2. The molecular formula is C9H14Se. The van der Waals surface area contributed by atoms with Crippen LogP contribution in [0.4, 0.5) is 0 Å². The SMILES string of the molecule is C#C/C=C\[Se]CCCCC. The number of hydrogen-bond donors (Lipinski definition) is 0. The molecule has 0 fully saturated rings. The van der Waals surface area contributed by atoms with Gasteiger partial charge in [-0.3, -0.25) is 0 Å². The molecule has 0 heterocycles. The predicted molar refractivity (Wildman–Crippen MR) is 48.1 cm³/mol. The molecule has 0 nitrogen and oxygen atoms in total. The molecule has 0 saturated carbocycles. The average Bonchev–Trinajstić information content (AvgIpc) is 1.97. The van der Waals surface area contributed by atoms with Gasteiger partial charge in [0.1, 0.15) is 0 Å². The van der Waals surface area contributed by atoms with Crippen molar-refractivity contribution in [1.82, 2.24) is 0 Å². The van der Waals surface area contributed by atoms with E-state index in [2.05, 4.69) is 17.8 Å². The second kappa shape index (κ2) is 8.82. The van der Waals surface area contributed by atoms with Crippen LogP contribution in [-0.2, 0) is 0 Å². The Bertz CT molecular complexity index is 119. The molecular weight excluding hydrogens is 187 g/mol. The van der Waals surface area contributed by atoms with Crippen LogP contribution in [0.2, 0.25) is 5.32 Å². The first-order valence-corrected chi connectivity index (χ1v) is 5.84. The summed E-state index contributed by atoms with van der Waals surface area (Å²) in [6, 6.07) is 0. The molecule has 0 aliphatic heterocycles. The van der Waals surface area contributed by atoms with Crippen molar-refractivity contribution >= 4 is 15.0 Å².